The van der Waals surface area contributed by atoms with Gasteiger partial charge in [0.1, 0.15) is 17.3 Å². The Morgan fingerprint density at radius 1 is 1.07 bits per heavy atom. The van der Waals surface area contributed by atoms with E-state index in [1.807, 2.05) is 28.7 Å². The van der Waals surface area contributed by atoms with Crippen LogP contribution in [0, 0.1) is 12.7 Å². The van der Waals surface area contributed by atoms with Gasteiger partial charge in [-0.05, 0) is 42.8 Å². The van der Waals surface area contributed by atoms with Crippen LogP contribution in [0.25, 0.3) is 16.6 Å². The summed E-state index contributed by atoms with van der Waals surface area (Å²) in [5.74, 6) is 1.66. The smallest absolute Gasteiger partial charge is 0.196 e. The fraction of sp³-hybridized carbons (Fsp3) is 0.200. The Bertz CT molecular complexity index is 1110. The molecule has 2 aromatic heterocycles. The zero-order chi connectivity index (χ0) is 18.8. The lowest BCUT2D eigenvalue weighted by atomic mass is 10.1. The number of methoxy groups -OCH3 is 1. The molecule has 0 N–H and O–H groups in total. The van der Waals surface area contributed by atoms with Crippen LogP contribution in [0.2, 0.25) is 0 Å². The van der Waals surface area contributed by atoms with Gasteiger partial charge < -0.3 is 9.47 Å². The fourth-order valence-corrected chi connectivity index (χ4v) is 3.74. The molecular weight excluding hydrogens is 365 g/mol. The average Bonchev–Trinajstić information content (AvgIpc) is 3.08. The Labute approximate surface area is 160 Å². The summed E-state index contributed by atoms with van der Waals surface area (Å²) in [6.45, 7) is 2.50. The predicted octanol–water partition coefficient (Wildman–Crippen LogP) is 4.51. The maximum absolute atomic E-state index is 13.2. The molecular formula is C20H18FN3O2S. The first kappa shape index (κ1) is 17.6. The molecule has 2 aromatic carbocycles. The number of nitrogens with zero attached hydrogens (tertiary/aromatic N) is 3. The molecule has 4 rings (SSSR count). The zero-order valence-electron chi connectivity index (χ0n) is 15.0. The number of fused-ring (bicyclic) bond motifs is 3. The molecule has 0 aliphatic heterocycles. The van der Waals surface area contributed by atoms with Crippen LogP contribution in [-0.4, -0.2) is 34.1 Å². The van der Waals surface area contributed by atoms with Crippen molar-refractivity contribution in [2.75, 3.05) is 19.5 Å². The number of ether oxygens (including phenoxy) is 2. The molecule has 0 atom stereocenters. The molecule has 0 unspecified atom stereocenters. The van der Waals surface area contributed by atoms with Crippen LogP contribution in [0.5, 0.6) is 11.5 Å². The lowest BCUT2D eigenvalue weighted by Crippen LogP contribution is -2.01. The van der Waals surface area contributed by atoms with Gasteiger partial charge in [-0.25, -0.2) is 4.39 Å². The molecule has 0 amide bonds. The van der Waals surface area contributed by atoms with E-state index in [1.165, 1.54) is 12.1 Å². The Morgan fingerprint density at radius 2 is 1.96 bits per heavy atom. The quantitative estimate of drug-likeness (QED) is 0.362. The molecule has 0 saturated carbocycles. The highest BCUT2D eigenvalue weighted by atomic mass is 32.2. The molecule has 0 bridgehead atoms. The van der Waals surface area contributed by atoms with E-state index >= 15 is 0 Å². The highest BCUT2D eigenvalue weighted by Gasteiger charge is 2.12. The number of aromatic nitrogens is 3. The Balaban J connectivity index is 1.57. The van der Waals surface area contributed by atoms with Gasteiger partial charge in [-0.15, -0.1) is 10.2 Å². The van der Waals surface area contributed by atoms with Crippen LogP contribution in [0.4, 0.5) is 4.39 Å². The topological polar surface area (TPSA) is 48.7 Å². The minimum absolute atomic E-state index is 0.306. The van der Waals surface area contributed by atoms with E-state index in [0.717, 1.165) is 33.0 Å². The standard InChI is InChI=1S/C20H18FN3O2S/c1-13-10-19-22-23-20(24(19)18-12-15(25-2)6-7-17(13)18)27-9-8-26-16-5-3-4-14(21)11-16/h3-7,10-12H,8-9H2,1-2H3. The Hall–Kier alpha value is -2.80. The second-order valence-corrected chi connectivity index (χ2v) is 7.10. The molecule has 0 fully saturated rings. The predicted molar refractivity (Wildman–Crippen MR) is 104 cm³/mol. The molecule has 4 aromatic rings. The normalized spacial score (nSPS) is 11.2. The number of hydrogen-bond acceptors (Lipinski definition) is 5. The van der Waals surface area contributed by atoms with Crippen molar-refractivity contribution in [3.63, 3.8) is 0 Å². The van der Waals surface area contributed by atoms with Gasteiger partial charge in [-0.1, -0.05) is 17.8 Å². The SMILES string of the molecule is COc1ccc2c(C)cc3nnc(SCCOc4cccc(F)c4)n3c2c1. The van der Waals surface area contributed by atoms with Crippen LogP contribution in [0.15, 0.2) is 53.7 Å². The minimum Gasteiger partial charge on any atom is -0.497 e. The van der Waals surface area contributed by atoms with E-state index in [1.54, 1.807) is 31.0 Å². The van der Waals surface area contributed by atoms with Crippen molar-refractivity contribution in [3.05, 3.63) is 59.9 Å². The van der Waals surface area contributed by atoms with Gasteiger partial charge in [0.25, 0.3) is 0 Å². The van der Waals surface area contributed by atoms with Gasteiger partial charge in [-0.2, -0.15) is 0 Å². The van der Waals surface area contributed by atoms with E-state index in [-0.39, 0.29) is 5.82 Å². The van der Waals surface area contributed by atoms with Crippen molar-refractivity contribution in [2.24, 2.45) is 0 Å². The van der Waals surface area contributed by atoms with E-state index in [4.69, 9.17) is 9.47 Å². The van der Waals surface area contributed by atoms with Crippen LogP contribution in [0.3, 0.4) is 0 Å². The molecule has 0 aliphatic carbocycles. The van der Waals surface area contributed by atoms with Crippen LogP contribution < -0.4 is 9.47 Å². The Morgan fingerprint density at radius 3 is 2.78 bits per heavy atom. The average molecular weight is 383 g/mol. The molecule has 138 valence electrons. The van der Waals surface area contributed by atoms with Crippen LogP contribution in [0.1, 0.15) is 5.56 Å². The number of thioether (sulfide) groups is 1. The summed E-state index contributed by atoms with van der Waals surface area (Å²) in [5, 5.41) is 10.5. The van der Waals surface area contributed by atoms with Crippen molar-refractivity contribution < 1.29 is 13.9 Å². The minimum atomic E-state index is -0.306. The molecule has 7 heteroatoms. The zero-order valence-corrected chi connectivity index (χ0v) is 15.8. The maximum Gasteiger partial charge on any atom is 0.196 e. The number of hydrogen-bond donors (Lipinski definition) is 0. The van der Waals surface area contributed by atoms with Gasteiger partial charge in [0.2, 0.25) is 0 Å². The summed E-state index contributed by atoms with van der Waals surface area (Å²) >= 11 is 1.54. The highest BCUT2D eigenvalue weighted by molar-refractivity contribution is 7.99. The fourth-order valence-electron chi connectivity index (χ4n) is 2.97. The number of halogens is 1. The first-order valence-corrected chi connectivity index (χ1v) is 9.48. The third kappa shape index (κ3) is 3.55. The highest BCUT2D eigenvalue weighted by Crippen LogP contribution is 2.28. The molecule has 5 nitrogen and oxygen atoms in total. The summed E-state index contributed by atoms with van der Waals surface area (Å²) < 4.78 is 26.2. The maximum atomic E-state index is 13.2. The van der Waals surface area contributed by atoms with Gasteiger partial charge in [0.05, 0.1) is 19.2 Å². The summed E-state index contributed by atoms with van der Waals surface area (Å²) in [7, 11) is 1.65. The van der Waals surface area contributed by atoms with Gasteiger partial charge in [0.15, 0.2) is 10.8 Å². The number of aryl methyl sites for hydroxylation is 1. The monoisotopic (exact) mass is 383 g/mol. The van der Waals surface area contributed by atoms with Gasteiger partial charge in [-0.3, -0.25) is 4.40 Å². The third-order valence-corrected chi connectivity index (χ3v) is 5.15. The largest absolute Gasteiger partial charge is 0.497 e. The first-order valence-electron chi connectivity index (χ1n) is 8.49. The van der Waals surface area contributed by atoms with Gasteiger partial charge >= 0.3 is 0 Å². The summed E-state index contributed by atoms with van der Waals surface area (Å²) in [6.07, 6.45) is 0. The lowest BCUT2D eigenvalue weighted by molar-refractivity contribution is 0.342. The summed E-state index contributed by atoms with van der Waals surface area (Å²) in [5.41, 5.74) is 2.93. The van der Waals surface area contributed by atoms with E-state index in [0.29, 0.717) is 18.1 Å². The second kappa shape index (κ2) is 7.44. The molecule has 0 saturated heterocycles. The molecule has 0 radical (unpaired) electrons. The molecule has 0 spiro atoms. The van der Waals surface area contributed by atoms with E-state index in [9.17, 15) is 4.39 Å². The second-order valence-electron chi connectivity index (χ2n) is 6.04. The van der Waals surface area contributed by atoms with Crippen molar-refractivity contribution in [3.8, 4) is 11.5 Å². The van der Waals surface area contributed by atoms with Gasteiger partial charge in [0, 0.05) is 23.3 Å². The first-order chi connectivity index (χ1) is 13.2. The molecule has 2 heterocycles. The Kier molecular flexibility index (Phi) is 4.85. The summed E-state index contributed by atoms with van der Waals surface area (Å²) in [6, 6.07) is 14.1. The third-order valence-electron chi connectivity index (χ3n) is 4.25. The van der Waals surface area contributed by atoms with Crippen molar-refractivity contribution in [1.29, 1.82) is 0 Å². The van der Waals surface area contributed by atoms with Crippen LogP contribution in [-0.2, 0) is 0 Å². The van der Waals surface area contributed by atoms with Crippen molar-refractivity contribution >= 4 is 28.3 Å². The number of pyridine rings is 1. The number of rotatable bonds is 6. The van der Waals surface area contributed by atoms with Crippen LogP contribution >= 0.6 is 11.8 Å². The summed E-state index contributed by atoms with van der Waals surface area (Å²) in [4.78, 5) is 0. The van der Waals surface area contributed by atoms with E-state index < -0.39 is 0 Å². The molecule has 27 heavy (non-hydrogen) atoms. The van der Waals surface area contributed by atoms with E-state index in [2.05, 4.69) is 17.1 Å². The lowest BCUT2D eigenvalue weighted by Gasteiger charge is -2.09. The number of benzene rings is 2. The van der Waals surface area contributed by atoms with Crippen molar-refractivity contribution in [2.45, 2.75) is 12.1 Å². The van der Waals surface area contributed by atoms with Crippen molar-refractivity contribution in [1.82, 2.24) is 14.6 Å². The molecule has 0 aliphatic rings.